The molecule has 0 spiro atoms. The van der Waals surface area contributed by atoms with Crippen LogP contribution in [0.25, 0.3) is 0 Å². The molecule has 0 aliphatic heterocycles. The Morgan fingerprint density at radius 1 is 1.60 bits per heavy atom. The summed E-state index contributed by atoms with van der Waals surface area (Å²) < 4.78 is 4.97. The lowest BCUT2D eigenvalue weighted by atomic mass is 10.1. The summed E-state index contributed by atoms with van der Waals surface area (Å²) in [6.45, 7) is 3.95. The summed E-state index contributed by atoms with van der Waals surface area (Å²) >= 11 is 0. The minimum Gasteiger partial charge on any atom is -0.383 e. The average Bonchev–Trinajstić information content (AvgIpc) is 2.65. The monoisotopic (exact) mass is 212 g/mol. The number of hydrogen-bond donors (Lipinski definition) is 1. The Hall–Kier alpha value is -0.870. The number of nitrogens with zero attached hydrogens (tertiary/aromatic N) is 1. The van der Waals surface area contributed by atoms with Crippen LogP contribution in [-0.2, 0) is 9.53 Å². The number of carbonyl (C=O) groups is 1. The lowest BCUT2D eigenvalue weighted by Gasteiger charge is -2.23. The molecule has 0 fully saturated rings. The normalized spacial score (nSPS) is 24.5. The van der Waals surface area contributed by atoms with Gasteiger partial charge >= 0.3 is 0 Å². The van der Waals surface area contributed by atoms with E-state index in [0.29, 0.717) is 13.2 Å². The summed E-state index contributed by atoms with van der Waals surface area (Å²) in [6, 6.07) is 0.0417. The molecule has 0 saturated carbocycles. The van der Waals surface area contributed by atoms with Crippen molar-refractivity contribution in [3.63, 3.8) is 0 Å². The minimum absolute atomic E-state index is 0.0307. The third kappa shape index (κ3) is 3.32. The average molecular weight is 212 g/mol. The highest BCUT2D eigenvalue weighted by atomic mass is 16.5. The van der Waals surface area contributed by atoms with Gasteiger partial charge in [0.25, 0.3) is 0 Å². The Morgan fingerprint density at radius 2 is 2.33 bits per heavy atom. The standard InChI is InChI=1S/C11H20N2O2/c1-3-13(6-7-15-2)11(14)9-4-5-10(12)8-9/h4-5,9-10H,3,6-8,12H2,1-2H3. The van der Waals surface area contributed by atoms with E-state index in [4.69, 9.17) is 10.5 Å². The van der Waals surface area contributed by atoms with Gasteiger partial charge in [-0.2, -0.15) is 0 Å². The number of methoxy groups -OCH3 is 1. The van der Waals surface area contributed by atoms with Gasteiger partial charge < -0.3 is 15.4 Å². The predicted octanol–water partition coefficient (Wildman–Crippen LogP) is 0.385. The highest BCUT2D eigenvalue weighted by molar-refractivity contribution is 5.81. The fourth-order valence-corrected chi connectivity index (χ4v) is 1.77. The summed E-state index contributed by atoms with van der Waals surface area (Å²) in [5.74, 6) is 0.135. The van der Waals surface area contributed by atoms with Crippen LogP contribution in [0.4, 0.5) is 0 Å². The van der Waals surface area contributed by atoms with Crippen molar-refractivity contribution >= 4 is 5.91 Å². The number of amides is 1. The van der Waals surface area contributed by atoms with Crippen molar-refractivity contribution in [1.82, 2.24) is 4.90 Å². The second-order valence-electron chi connectivity index (χ2n) is 3.80. The maximum Gasteiger partial charge on any atom is 0.229 e. The number of hydrogen-bond acceptors (Lipinski definition) is 3. The molecule has 1 aliphatic rings. The van der Waals surface area contributed by atoms with Crippen LogP contribution in [0.2, 0.25) is 0 Å². The molecular weight excluding hydrogens is 192 g/mol. The number of likely N-dealkylation sites (N-methyl/N-ethyl adjacent to an activating group) is 1. The molecule has 1 aliphatic carbocycles. The van der Waals surface area contributed by atoms with Crippen LogP contribution in [0.1, 0.15) is 13.3 Å². The predicted molar refractivity (Wildman–Crippen MR) is 59.4 cm³/mol. The van der Waals surface area contributed by atoms with Crippen molar-refractivity contribution in [3.8, 4) is 0 Å². The Balaban J connectivity index is 2.46. The molecule has 0 aromatic heterocycles. The first kappa shape index (κ1) is 12.2. The van der Waals surface area contributed by atoms with Gasteiger partial charge in [-0.3, -0.25) is 4.79 Å². The lowest BCUT2D eigenvalue weighted by Crippen LogP contribution is -2.38. The first-order chi connectivity index (χ1) is 7.19. The summed E-state index contributed by atoms with van der Waals surface area (Å²) in [5.41, 5.74) is 5.72. The number of nitrogens with two attached hydrogens (primary N) is 1. The van der Waals surface area contributed by atoms with Gasteiger partial charge in [0, 0.05) is 26.2 Å². The van der Waals surface area contributed by atoms with Gasteiger partial charge in [0.05, 0.1) is 12.5 Å². The topological polar surface area (TPSA) is 55.6 Å². The summed E-state index contributed by atoms with van der Waals surface area (Å²) in [5, 5.41) is 0. The fraction of sp³-hybridized carbons (Fsp3) is 0.727. The van der Waals surface area contributed by atoms with Crippen molar-refractivity contribution in [2.24, 2.45) is 11.7 Å². The van der Waals surface area contributed by atoms with Crippen LogP contribution in [-0.4, -0.2) is 43.7 Å². The van der Waals surface area contributed by atoms with Crippen LogP contribution < -0.4 is 5.73 Å². The summed E-state index contributed by atoms with van der Waals surface area (Å²) in [7, 11) is 1.64. The zero-order valence-electron chi connectivity index (χ0n) is 9.48. The van der Waals surface area contributed by atoms with Crippen molar-refractivity contribution in [2.45, 2.75) is 19.4 Å². The van der Waals surface area contributed by atoms with Gasteiger partial charge in [-0.1, -0.05) is 12.2 Å². The van der Waals surface area contributed by atoms with Gasteiger partial charge in [-0.25, -0.2) is 0 Å². The van der Waals surface area contributed by atoms with E-state index < -0.39 is 0 Å². The summed E-state index contributed by atoms with van der Waals surface area (Å²) in [4.78, 5) is 13.8. The van der Waals surface area contributed by atoms with E-state index in [1.807, 2.05) is 24.0 Å². The van der Waals surface area contributed by atoms with E-state index in [9.17, 15) is 4.79 Å². The largest absolute Gasteiger partial charge is 0.383 e. The van der Waals surface area contributed by atoms with E-state index in [2.05, 4.69) is 0 Å². The first-order valence-corrected chi connectivity index (χ1v) is 5.40. The van der Waals surface area contributed by atoms with E-state index >= 15 is 0 Å². The quantitative estimate of drug-likeness (QED) is 0.670. The van der Waals surface area contributed by atoms with Crippen LogP contribution in [0, 0.1) is 5.92 Å². The van der Waals surface area contributed by atoms with E-state index in [1.54, 1.807) is 7.11 Å². The molecule has 0 bridgehead atoms. The molecule has 0 radical (unpaired) electrons. The smallest absolute Gasteiger partial charge is 0.229 e. The Kier molecular flexibility index (Phi) is 4.78. The van der Waals surface area contributed by atoms with Crippen LogP contribution >= 0.6 is 0 Å². The maximum absolute atomic E-state index is 12.0. The van der Waals surface area contributed by atoms with Crippen LogP contribution in [0.15, 0.2) is 12.2 Å². The number of carbonyl (C=O) groups excluding carboxylic acids is 1. The van der Waals surface area contributed by atoms with Gasteiger partial charge in [0.1, 0.15) is 0 Å². The van der Waals surface area contributed by atoms with Crippen LogP contribution in [0.5, 0.6) is 0 Å². The van der Waals surface area contributed by atoms with Crippen molar-refractivity contribution in [3.05, 3.63) is 12.2 Å². The SMILES string of the molecule is CCN(CCOC)C(=O)C1C=CC(N)C1. The molecule has 2 unspecified atom stereocenters. The Morgan fingerprint density at radius 3 is 2.80 bits per heavy atom. The van der Waals surface area contributed by atoms with Gasteiger partial charge in [-0.15, -0.1) is 0 Å². The van der Waals surface area contributed by atoms with Gasteiger partial charge in [0.2, 0.25) is 5.91 Å². The van der Waals surface area contributed by atoms with Crippen molar-refractivity contribution in [1.29, 1.82) is 0 Å². The maximum atomic E-state index is 12.0. The third-order valence-electron chi connectivity index (χ3n) is 2.69. The second-order valence-corrected chi connectivity index (χ2v) is 3.80. The number of rotatable bonds is 5. The first-order valence-electron chi connectivity index (χ1n) is 5.40. The lowest BCUT2D eigenvalue weighted by molar-refractivity contribution is -0.134. The summed E-state index contributed by atoms with van der Waals surface area (Å²) in [6.07, 6.45) is 4.57. The molecule has 4 nitrogen and oxygen atoms in total. The molecule has 15 heavy (non-hydrogen) atoms. The Bertz CT molecular complexity index is 241. The van der Waals surface area contributed by atoms with Crippen molar-refractivity contribution in [2.75, 3.05) is 26.8 Å². The molecule has 0 aromatic rings. The second kappa shape index (κ2) is 5.88. The molecule has 0 heterocycles. The molecule has 0 aromatic carbocycles. The molecule has 2 atom stereocenters. The zero-order chi connectivity index (χ0) is 11.3. The molecule has 1 amide bonds. The Labute approximate surface area is 91.1 Å². The molecule has 4 heteroatoms. The highest BCUT2D eigenvalue weighted by Crippen LogP contribution is 2.18. The molecule has 1 rings (SSSR count). The fourth-order valence-electron chi connectivity index (χ4n) is 1.77. The van der Waals surface area contributed by atoms with E-state index in [1.165, 1.54) is 0 Å². The van der Waals surface area contributed by atoms with E-state index in [0.717, 1.165) is 13.0 Å². The highest BCUT2D eigenvalue weighted by Gasteiger charge is 2.25. The molecule has 2 N–H and O–H groups in total. The number of ether oxygens (including phenoxy) is 1. The molecular formula is C11H20N2O2. The van der Waals surface area contributed by atoms with Crippen molar-refractivity contribution < 1.29 is 9.53 Å². The van der Waals surface area contributed by atoms with E-state index in [-0.39, 0.29) is 17.9 Å². The molecule has 86 valence electrons. The van der Waals surface area contributed by atoms with Gasteiger partial charge in [0.15, 0.2) is 0 Å². The minimum atomic E-state index is -0.0307. The van der Waals surface area contributed by atoms with Gasteiger partial charge in [-0.05, 0) is 13.3 Å². The van der Waals surface area contributed by atoms with Crippen LogP contribution in [0.3, 0.4) is 0 Å². The zero-order valence-corrected chi connectivity index (χ0v) is 9.48. The molecule has 0 saturated heterocycles. The third-order valence-corrected chi connectivity index (χ3v) is 2.69.